The molecule has 3 aromatic rings. The fraction of sp³-hybridized carbons (Fsp3) is 0.200. The first-order chi connectivity index (χ1) is 12.6. The number of carbonyl (C=O) groups is 2. The highest BCUT2D eigenvalue weighted by Gasteiger charge is 2.34. The molecule has 0 radical (unpaired) electrons. The van der Waals surface area contributed by atoms with Crippen LogP contribution in [0.15, 0.2) is 48.9 Å². The molecule has 1 unspecified atom stereocenters. The Kier molecular flexibility index (Phi) is 4.08. The van der Waals surface area contributed by atoms with E-state index in [0.29, 0.717) is 24.1 Å². The number of aliphatic carboxylic acids is 1. The van der Waals surface area contributed by atoms with Crippen LogP contribution in [0.1, 0.15) is 33.7 Å². The lowest BCUT2D eigenvalue weighted by molar-refractivity contribution is -0.141. The van der Waals surface area contributed by atoms with Gasteiger partial charge >= 0.3 is 5.97 Å². The van der Waals surface area contributed by atoms with Crippen LogP contribution in [0.4, 0.5) is 0 Å². The molecule has 4 rings (SSSR count). The molecule has 6 nitrogen and oxygen atoms in total. The van der Waals surface area contributed by atoms with Crippen LogP contribution in [0.2, 0.25) is 0 Å². The van der Waals surface area contributed by atoms with Crippen molar-refractivity contribution in [3.63, 3.8) is 0 Å². The SMILES string of the molecule is O=C1CC(C(=O)O)Cc2[nH]c(-c3ccncc3)c(Cc3ccccn3)c21. The zero-order valence-electron chi connectivity index (χ0n) is 14.0. The number of carboxylic acid groups (broad SMARTS) is 1. The van der Waals surface area contributed by atoms with Gasteiger partial charge in [-0.2, -0.15) is 0 Å². The third-order valence-corrected chi connectivity index (χ3v) is 4.74. The van der Waals surface area contributed by atoms with Gasteiger partial charge in [0.25, 0.3) is 0 Å². The molecule has 2 N–H and O–H groups in total. The third kappa shape index (κ3) is 2.90. The van der Waals surface area contributed by atoms with Crippen LogP contribution in [-0.2, 0) is 17.6 Å². The van der Waals surface area contributed by atoms with Crippen LogP contribution in [0, 0.1) is 5.92 Å². The van der Waals surface area contributed by atoms with Crippen molar-refractivity contribution in [2.24, 2.45) is 5.92 Å². The topological polar surface area (TPSA) is 95.9 Å². The third-order valence-electron chi connectivity index (χ3n) is 4.74. The number of hydrogen-bond donors (Lipinski definition) is 2. The first kappa shape index (κ1) is 16.2. The van der Waals surface area contributed by atoms with Gasteiger partial charge < -0.3 is 10.1 Å². The van der Waals surface area contributed by atoms with Crippen LogP contribution in [0.3, 0.4) is 0 Å². The number of nitrogens with one attached hydrogen (secondary N) is 1. The highest BCUT2D eigenvalue weighted by Crippen LogP contribution is 2.35. The van der Waals surface area contributed by atoms with E-state index >= 15 is 0 Å². The molecule has 1 aliphatic rings. The normalized spacial score (nSPS) is 16.3. The van der Waals surface area contributed by atoms with Gasteiger partial charge in [-0.25, -0.2) is 0 Å². The minimum atomic E-state index is -0.935. The molecule has 0 bridgehead atoms. The fourth-order valence-corrected chi connectivity index (χ4v) is 3.53. The second-order valence-corrected chi connectivity index (χ2v) is 6.43. The summed E-state index contributed by atoms with van der Waals surface area (Å²) in [6.07, 6.45) is 5.99. The van der Waals surface area contributed by atoms with Crippen molar-refractivity contribution in [2.45, 2.75) is 19.3 Å². The summed E-state index contributed by atoms with van der Waals surface area (Å²) in [4.78, 5) is 35.9. The first-order valence-electron chi connectivity index (χ1n) is 8.43. The summed E-state index contributed by atoms with van der Waals surface area (Å²) in [5.74, 6) is -1.74. The number of Topliss-reactive ketones (excluding diaryl/α,β-unsaturated/α-hetero) is 1. The highest BCUT2D eigenvalue weighted by atomic mass is 16.4. The predicted molar refractivity (Wildman–Crippen MR) is 94.8 cm³/mol. The first-order valence-corrected chi connectivity index (χ1v) is 8.43. The molecule has 1 aliphatic carbocycles. The molecule has 0 aromatic carbocycles. The van der Waals surface area contributed by atoms with E-state index in [1.807, 2.05) is 30.3 Å². The Morgan fingerprint density at radius 2 is 1.96 bits per heavy atom. The summed E-state index contributed by atoms with van der Waals surface area (Å²) in [5.41, 5.74) is 4.81. The molecule has 3 aromatic heterocycles. The van der Waals surface area contributed by atoms with Crippen molar-refractivity contribution in [1.82, 2.24) is 15.0 Å². The lowest BCUT2D eigenvalue weighted by atomic mass is 9.84. The minimum Gasteiger partial charge on any atom is -0.481 e. The van der Waals surface area contributed by atoms with E-state index in [-0.39, 0.29) is 12.2 Å². The molecule has 0 saturated heterocycles. The summed E-state index contributed by atoms with van der Waals surface area (Å²) in [6.45, 7) is 0. The Labute approximate surface area is 149 Å². The molecule has 130 valence electrons. The van der Waals surface area contributed by atoms with E-state index < -0.39 is 11.9 Å². The smallest absolute Gasteiger partial charge is 0.307 e. The number of pyridine rings is 2. The maximum atomic E-state index is 12.7. The molecule has 0 aliphatic heterocycles. The zero-order chi connectivity index (χ0) is 18.1. The van der Waals surface area contributed by atoms with Crippen molar-refractivity contribution in [2.75, 3.05) is 0 Å². The van der Waals surface area contributed by atoms with Crippen LogP contribution in [0.5, 0.6) is 0 Å². The zero-order valence-corrected chi connectivity index (χ0v) is 14.0. The van der Waals surface area contributed by atoms with Crippen molar-refractivity contribution >= 4 is 11.8 Å². The standard InChI is InChI=1S/C20H17N3O3/c24-17-10-13(20(25)26)9-16-18(17)15(11-14-3-1-2-6-22-14)19(23-16)12-4-7-21-8-5-12/h1-8,13,23H,9-11H2,(H,25,26). The monoisotopic (exact) mass is 347 g/mol. The fourth-order valence-electron chi connectivity index (χ4n) is 3.53. The Morgan fingerprint density at radius 3 is 2.65 bits per heavy atom. The van der Waals surface area contributed by atoms with Crippen molar-refractivity contribution in [3.8, 4) is 11.3 Å². The van der Waals surface area contributed by atoms with Crippen LogP contribution >= 0.6 is 0 Å². The van der Waals surface area contributed by atoms with E-state index in [0.717, 1.165) is 22.5 Å². The van der Waals surface area contributed by atoms with Crippen molar-refractivity contribution in [3.05, 3.63) is 71.4 Å². The van der Waals surface area contributed by atoms with Crippen molar-refractivity contribution < 1.29 is 14.7 Å². The summed E-state index contributed by atoms with van der Waals surface area (Å²) in [7, 11) is 0. The Balaban J connectivity index is 1.85. The molecular formula is C20H17N3O3. The summed E-state index contributed by atoms with van der Waals surface area (Å²) in [6, 6.07) is 9.43. The number of carbonyl (C=O) groups excluding carboxylic acids is 1. The maximum absolute atomic E-state index is 12.7. The number of hydrogen-bond acceptors (Lipinski definition) is 4. The highest BCUT2D eigenvalue weighted by molar-refractivity contribution is 6.03. The summed E-state index contributed by atoms with van der Waals surface area (Å²) in [5, 5.41) is 9.33. The quantitative estimate of drug-likeness (QED) is 0.756. The number of H-pyrrole nitrogens is 1. The molecule has 0 fully saturated rings. The molecule has 0 saturated carbocycles. The largest absolute Gasteiger partial charge is 0.481 e. The van der Waals surface area contributed by atoms with Gasteiger partial charge in [0, 0.05) is 60.4 Å². The predicted octanol–water partition coefficient (Wildman–Crippen LogP) is 2.89. The molecule has 26 heavy (non-hydrogen) atoms. The Morgan fingerprint density at radius 1 is 1.15 bits per heavy atom. The van der Waals surface area contributed by atoms with E-state index in [4.69, 9.17) is 0 Å². The molecule has 1 atom stereocenters. The van der Waals surface area contributed by atoms with Gasteiger partial charge in [0.1, 0.15) is 0 Å². The van der Waals surface area contributed by atoms with Crippen LogP contribution in [0.25, 0.3) is 11.3 Å². The Bertz CT molecular complexity index is 965. The van der Waals surface area contributed by atoms with E-state index in [9.17, 15) is 14.7 Å². The average Bonchev–Trinajstić information content (AvgIpc) is 3.02. The van der Waals surface area contributed by atoms with Gasteiger partial charge in [0.05, 0.1) is 11.6 Å². The maximum Gasteiger partial charge on any atom is 0.307 e. The van der Waals surface area contributed by atoms with Gasteiger partial charge in [0.2, 0.25) is 0 Å². The van der Waals surface area contributed by atoms with E-state index in [1.54, 1.807) is 18.6 Å². The number of rotatable bonds is 4. The number of carboxylic acids is 1. The number of aromatic nitrogens is 3. The second-order valence-electron chi connectivity index (χ2n) is 6.43. The van der Waals surface area contributed by atoms with Gasteiger partial charge in [-0.3, -0.25) is 19.6 Å². The average molecular weight is 347 g/mol. The second kappa shape index (κ2) is 6.55. The van der Waals surface area contributed by atoms with Gasteiger partial charge in [-0.1, -0.05) is 6.07 Å². The lowest BCUT2D eigenvalue weighted by Gasteiger charge is -2.18. The van der Waals surface area contributed by atoms with Crippen LogP contribution in [-0.4, -0.2) is 31.8 Å². The molecule has 6 heteroatoms. The van der Waals surface area contributed by atoms with Gasteiger partial charge in [0.15, 0.2) is 5.78 Å². The molecular weight excluding hydrogens is 330 g/mol. The lowest BCUT2D eigenvalue weighted by Crippen LogP contribution is -2.26. The van der Waals surface area contributed by atoms with Gasteiger partial charge in [-0.05, 0) is 29.8 Å². The number of aromatic amines is 1. The number of nitrogens with zero attached hydrogens (tertiary/aromatic N) is 2. The number of fused-ring (bicyclic) bond motifs is 1. The summed E-state index contributed by atoms with van der Waals surface area (Å²) < 4.78 is 0. The minimum absolute atomic E-state index is 0.0329. The molecule has 3 heterocycles. The molecule has 0 amide bonds. The van der Waals surface area contributed by atoms with E-state index in [2.05, 4.69) is 15.0 Å². The van der Waals surface area contributed by atoms with Crippen molar-refractivity contribution in [1.29, 1.82) is 0 Å². The number of ketones is 1. The summed E-state index contributed by atoms with van der Waals surface area (Å²) >= 11 is 0. The van der Waals surface area contributed by atoms with Gasteiger partial charge in [-0.15, -0.1) is 0 Å². The Hall–Kier alpha value is -3.28. The van der Waals surface area contributed by atoms with E-state index in [1.165, 1.54) is 0 Å². The molecule has 0 spiro atoms. The van der Waals surface area contributed by atoms with Crippen LogP contribution < -0.4 is 0 Å².